The Bertz CT molecular complexity index is 166. The second-order valence-corrected chi connectivity index (χ2v) is 3.22. The molecule has 0 aliphatic heterocycles. The first-order valence-electron chi connectivity index (χ1n) is 2.56. The van der Waals surface area contributed by atoms with Gasteiger partial charge in [-0.25, -0.2) is 0 Å². The number of hydrogen-bond donors (Lipinski definition) is 1. The summed E-state index contributed by atoms with van der Waals surface area (Å²) in [5.74, 6) is 0. The van der Waals surface area contributed by atoms with Gasteiger partial charge in [0.25, 0.3) is 0 Å². The van der Waals surface area contributed by atoms with Crippen LogP contribution in [0.2, 0.25) is 0 Å². The van der Waals surface area contributed by atoms with E-state index in [1.165, 1.54) is 0 Å². The Morgan fingerprint density at radius 1 is 1.82 bits per heavy atom. The second-order valence-electron chi connectivity index (χ2n) is 1.74. The molecule has 0 bridgehead atoms. The fourth-order valence-corrected chi connectivity index (χ4v) is 0.450. The van der Waals surface area contributed by atoms with Gasteiger partial charge < -0.3 is 0 Å². The average molecular weight is 226 g/mol. The molecular formula is C3H5BBrNO5. The van der Waals surface area contributed by atoms with Gasteiger partial charge in [0, 0.05) is 0 Å². The fourth-order valence-electron chi connectivity index (χ4n) is 0.318. The van der Waals surface area contributed by atoms with Gasteiger partial charge in [-0.05, 0) is 0 Å². The van der Waals surface area contributed by atoms with Crippen LogP contribution in [0.1, 0.15) is 0 Å². The van der Waals surface area contributed by atoms with E-state index in [0.717, 1.165) is 0 Å². The first kappa shape index (κ1) is 10.5. The quantitative estimate of drug-likeness (QED) is 0.220. The zero-order chi connectivity index (χ0) is 8.91. The average Bonchev–Trinajstić information content (AvgIpc) is 2.00. The molecular weight excluding hydrogens is 221 g/mol. The van der Waals surface area contributed by atoms with Gasteiger partial charge in [0.05, 0.1) is 0 Å². The fraction of sp³-hybridized carbons (Fsp3) is 1.00. The van der Waals surface area contributed by atoms with Crippen molar-refractivity contribution in [2.75, 3.05) is 13.2 Å². The van der Waals surface area contributed by atoms with Crippen LogP contribution in [-0.4, -0.2) is 35.0 Å². The number of aliphatic hydroxyl groups excluding tert-OH is 1. The standard InChI is InChI=1S/C3H5BBrNO5/c5-3(1-7,6(9)10)2-11-4-8/h7H,1-2H2. The third-order valence-corrected chi connectivity index (χ3v) is 1.71. The van der Waals surface area contributed by atoms with Gasteiger partial charge in [-0.15, -0.1) is 0 Å². The minimum atomic E-state index is -1.77. The molecule has 0 aromatic heterocycles. The van der Waals surface area contributed by atoms with Crippen LogP contribution in [0.3, 0.4) is 0 Å². The molecule has 0 fully saturated rings. The molecule has 0 aromatic carbocycles. The minimum absolute atomic E-state index is 0.0785. The van der Waals surface area contributed by atoms with Crippen molar-refractivity contribution in [1.82, 2.24) is 0 Å². The van der Waals surface area contributed by atoms with Crippen molar-refractivity contribution in [1.29, 1.82) is 0 Å². The molecule has 0 radical (unpaired) electrons. The van der Waals surface area contributed by atoms with E-state index in [2.05, 4.69) is 20.6 Å². The predicted molar refractivity (Wildman–Crippen MR) is 38.1 cm³/mol. The zero-order valence-corrected chi connectivity index (χ0v) is 6.98. The van der Waals surface area contributed by atoms with E-state index in [4.69, 9.17) is 5.11 Å². The van der Waals surface area contributed by atoms with Crippen molar-refractivity contribution in [2.24, 2.45) is 0 Å². The van der Waals surface area contributed by atoms with Crippen LogP contribution in [0, 0.1) is 10.1 Å². The molecule has 0 aliphatic carbocycles. The molecule has 0 aromatic rings. The molecule has 0 saturated heterocycles. The summed E-state index contributed by atoms with van der Waals surface area (Å²) in [7, 11) is 0.0785. The van der Waals surface area contributed by atoms with Crippen molar-refractivity contribution in [3.63, 3.8) is 0 Å². The third-order valence-electron chi connectivity index (χ3n) is 0.942. The topological polar surface area (TPSA) is 89.7 Å². The number of nitrogens with zero attached hydrogens (tertiary/aromatic N) is 1. The first-order chi connectivity index (χ1) is 5.06. The molecule has 0 amide bonds. The molecule has 8 heteroatoms. The van der Waals surface area contributed by atoms with E-state index in [-0.39, 0.29) is 7.35 Å². The Labute approximate surface area is 71.1 Å². The van der Waals surface area contributed by atoms with Crippen LogP contribution in [0.4, 0.5) is 0 Å². The second kappa shape index (κ2) is 4.40. The van der Waals surface area contributed by atoms with Gasteiger partial charge in [-0.2, -0.15) is 0 Å². The summed E-state index contributed by atoms with van der Waals surface area (Å²) in [5.41, 5.74) is 0. The Kier molecular flexibility index (Phi) is 4.20. The van der Waals surface area contributed by atoms with Gasteiger partial charge in [0.15, 0.2) is 0 Å². The maximum absolute atomic E-state index is 10.2. The van der Waals surface area contributed by atoms with Crippen LogP contribution in [0.5, 0.6) is 0 Å². The number of alkyl halides is 1. The summed E-state index contributed by atoms with van der Waals surface area (Å²) < 4.78 is 12.0. The number of aliphatic hydroxyl groups is 1. The van der Waals surface area contributed by atoms with Gasteiger partial charge in [-0.1, -0.05) is 0 Å². The van der Waals surface area contributed by atoms with Crippen molar-refractivity contribution < 1.29 is 19.4 Å². The summed E-state index contributed by atoms with van der Waals surface area (Å²) in [6.45, 7) is -1.24. The van der Waals surface area contributed by atoms with Crippen LogP contribution < -0.4 is 0 Å². The Hall–Kier alpha value is -0.495. The summed E-state index contributed by atoms with van der Waals surface area (Å²) >= 11 is 2.62. The van der Waals surface area contributed by atoms with Gasteiger partial charge in [0.1, 0.15) is 0 Å². The van der Waals surface area contributed by atoms with E-state index in [0.29, 0.717) is 0 Å². The normalized spacial score (nSPS) is 14.7. The van der Waals surface area contributed by atoms with Crippen LogP contribution >= 0.6 is 15.9 Å². The van der Waals surface area contributed by atoms with Crippen LogP contribution in [0.15, 0.2) is 0 Å². The molecule has 0 heterocycles. The Morgan fingerprint density at radius 2 is 2.36 bits per heavy atom. The Balaban J connectivity index is 4.09. The van der Waals surface area contributed by atoms with E-state index in [9.17, 15) is 14.8 Å². The summed E-state index contributed by atoms with van der Waals surface area (Å²) in [6.07, 6.45) is 0. The molecule has 11 heavy (non-hydrogen) atoms. The predicted octanol–water partition coefficient (Wildman–Crippen LogP) is -0.672. The summed E-state index contributed by atoms with van der Waals surface area (Å²) in [5, 5.41) is 18.7. The van der Waals surface area contributed by atoms with Gasteiger partial charge in [-0.3, -0.25) is 0 Å². The maximum atomic E-state index is 10.2. The Morgan fingerprint density at radius 3 is 2.64 bits per heavy atom. The third kappa shape index (κ3) is 2.94. The molecule has 1 unspecified atom stereocenters. The van der Waals surface area contributed by atoms with Gasteiger partial charge >= 0.3 is 70.4 Å². The zero-order valence-electron chi connectivity index (χ0n) is 5.40. The van der Waals surface area contributed by atoms with Gasteiger partial charge in [0.2, 0.25) is 0 Å². The van der Waals surface area contributed by atoms with E-state index in [1.54, 1.807) is 0 Å². The molecule has 1 N–H and O–H groups in total. The molecule has 1 atom stereocenters. The molecule has 62 valence electrons. The molecule has 0 rings (SSSR count). The van der Waals surface area contributed by atoms with Crippen molar-refractivity contribution in [3.05, 3.63) is 10.1 Å². The van der Waals surface area contributed by atoms with E-state index < -0.39 is 22.6 Å². The summed E-state index contributed by atoms with van der Waals surface area (Å²) in [6, 6.07) is 0. The monoisotopic (exact) mass is 225 g/mol. The van der Waals surface area contributed by atoms with Crippen LogP contribution in [0.25, 0.3) is 0 Å². The van der Waals surface area contributed by atoms with E-state index >= 15 is 0 Å². The SMILES string of the molecule is O=BOCC(Br)(CO)[N+](=O)[O-]. The molecule has 6 nitrogen and oxygen atoms in total. The molecule has 0 spiro atoms. The van der Waals surface area contributed by atoms with Crippen molar-refractivity contribution >= 4 is 23.3 Å². The number of hydrogen-bond acceptors (Lipinski definition) is 5. The number of rotatable bonds is 5. The van der Waals surface area contributed by atoms with Crippen molar-refractivity contribution in [2.45, 2.75) is 4.45 Å². The number of halogens is 1. The first-order valence-corrected chi connectivity index (χ1v) is 3.35. The molecule has 0 saturated carbocycles. The summed E-state index contributed by atoms with van der Waals surface area (Å²) in [4.78, 5) is 9.39. The van der Waals surface area contributed by atoms with E-state index in [1.807, 2.05) is 0 Å². The number of nitro groups is 1. The van der Waals surface area contributed by atoms with Crippen molar-refractivity contribution in [3.8, 4) is 0 Å². The molecule has 0 aliphatic rings. The van der Waals surface area contributed by atoms with Crippen LogP contribution in [-0.2, 0) is 9.36 Å².